The van der Waals surface area contributed by atoms with Crippen molar-refractivity contribution < 1.29 is 23.8 Å². The molecule has 0 unspecified atom stereocenters. The fraction of sp³-hybridized carbons (Fsp3) is 0.154. The number of hydrogen-bond acceptors (Lipinski definition) is 5. The third-order valence-corrected chi connectivity index (χ3v) is 5.25. The van der Waals surface area contributed by atoms with Gasteiger partial charge in [0.15, 0.2) is 6.61 Å². The monoisotopic (exact) mass is 499 g/mol. The zero-order valence-corrected chi connectivity index (χ0v) is 19.9. The molecule has 0 fully saturated rings. The zero-order valence-electron chi connectivity index (χ0n) is 18.4. The van der Waals surface area contributed by atoms with Crippen molar-refractivity contribution in [1.82, 2.24) is 0 Å². The molecular weight excluding hydrogens is 477 g/mol. The average Bonchev–Trinajstić information content (AvgIpc) is 2.83. The van der Waals surface area contributed by atoms with Crippen LogP contribution in [-0.4, -0.2) is 25.1 Å². The second kappa shape index (κ2) is 12.7. The Balaban J connectivity index is 1.46. The van der Waals surface area contributed by atoms with Gasteiger partial charge in [-0.2, -0.15) is 0 Å². The third-order valence-electron chi connectivity index (χ3n) is 4.54. The summed E-state index contributed by atoms with van der Waals surface area (Å²) in [6.45, 7) is 2.14. The van der Waals surface area contributed by atoms with Crippen LogP contribution in [0.1, 0.15) is 18.1 Å². The van der Waals surface area contributed by atoms with Crippen molar-refractivity contribution in [3.63, 3.8) is 0 Å². The first-order valence-electron chi connectivity index (χ1n) is 10.5. The molecule has 3 aromatic carbocycles. The van der Waals surface area contributed by atoms with Crippen molar-refractivity contribution >= 4 is 46.8 Å². The Morgan fingerprint density at radius 3 is 2.32 bits per heavy atom. The molecule has 34 heavy (non-hydrogen) atoms. The van der Waals surface area contributed by atoms with Crippen molar-refractivity contribution in [1.29, 1.82) is 0 Å². The molecule has 0 aromatic heterocycles. The van der Waals surface area contributed by atoms with Crippen molar-refractivity contribution in [2.45, 2.75) is 13.5 Å². The van der Waals surface area contributed by atoms with Gasteiger partial charge < -0.3 is 19.5 Å². The van der Waals surface area contributed by atoms with Crippen molar-refractivity contribution in [2.75, 3.05) is 18.5 Å². The molecule has 1 amide bonds. The van der Waals surface area contributed by atoms with Gasteiger partial charge in [0.25, 0.3) is 5.91 Å². The maximum Gasteiger partial charge on any atom is 0.331 e. The summed E-state index contributed by atoms with van der Waals surface area (Å²) >= 11 is 12.3. The summed E-state index contributed by atoms with van der Waals surface area (Å²) < 4.78 is 16.2. The molecule has 0 saturated heterocycles. The number of benzene rings is 3. The number of amides is 1. The van der Waals surface area contributed by atoms with Crippen molar-refractivity contribution in [3.05, 3.63) is 94.0 Å². The molecule has 3 aromatic rings. The molecule has 0 bridgehead atoms. The fourth-order valence-corrected chi connectivity index (χ4v) is 3.39. The van der Waals surface area contributed by atoms with E-state index in [9.17, 15) is 9.59 Å². The van der Waals surface area contributed by atoms with Gasteiger partial charge in [0.1, 0.15) is 18.1 Å². The maximum atomic E-state index is 12.1. The minimum Gasteiger partial charge on any atom is -0.492 e. The first-order valence-corrected chi connectivity index (χ1v) is 11.2. The van der Waals surface area contributed by atoms with E-state index in [1.54, 1.807) is 72.8 Å². The van der Waals surface area contributed by atoms with Gasteiger partial charge in [0.2, 0.25) is 0 Å². The topological polar surface area (TPSA) is 73.9 Å². The Labute approximate surface area is 208 Å². The molecular formula is C26H23Cl2NO5. The predicted octanol–water partition coefficient (Wildman–Crippen LogP) is 6.17. The van der Waals surface area contributed by atoms with Crippen LogP contribution in [0.5, 0.6) is 11.5 Å². The summed E-state index contributed by atoms with van der Waals surface area (Å²) in [7, 11) is 0. The van der Waals surface area contributed by atoms with Gasteiger partial charge in [0, 0.05) is 21.7 Å². The molecule has 0 aliphatic rings. The number of halogens is 2. The van der Waals surface area contributed by atoms with Crippen LogP contribution < -0.4 is 14.8 Å². The molecule has 0 radical (unpaired) electrons. The number of nitrogens with one attached hydrogen (secondary N) is 1. The SMILES string of the molecule is CCOc1ccccc1NC(=O)COC(=O)/C=C/c1ccc(OCc2c(Cl)cccc2Cl)cc1. The van der Waals surface area contributed by atoms with E-state index in [0.717, 1.165) is 5.56 Å². The summed E-state index contributed by atoms with van der Waals surface area (Å²) in [5.74, 6) is 0.0719. The summed E-state index contributed by atoms with van der Waals surface area (Å²) in [4.78, 5) is 24.1. The highest BCUT2D eigenvalue weighted by molar-refractivity contribution is 6.35. The number of esters is 1. The van der Waals surface area contributed by atoms with Crippen molar-refractivity contribution in [3.8, 4) is 11.5 Å². The van der Waals surface area contributed by atoms with Crippen LogP contribution >= 0.6 is 23.2 Å². The smallest absolute Gasteiger partial charge is 0.331 e. The van der Waals surface area contributed by atoms with Crippen LogP contribution in [0.3, 0.4) is 0 Å². The Morgan fingerprint density at radius 1 is 0.912 bits per heavy atom. The second-order valence-electron chi connectivity index (χ2n) is 6.98. The van der Waals surface area contributed by atoms with E-state index in [-0.39, 0.29) is 6.61 Å². The number of anilines is 1. The lowest BCUT2D eigenvalue weighted by molar-refractivity contribution is -0.142. The average molecular weight is 500 g/mol. The Hall–Kier alpha value is -3.48. The highest BCUT2D eigenvalue weighted by atomic mass is 35.5. The van der Waals surface area contributed by atoms with E-state index in [0.29, 0.717) is 39.4 Å². The van der Waals surface area contributed by atoms with Crippen molar-refractivity contribution in [2.24, 2.45) is 0 Å². The standard InChI is InChI=1S/C26H23Cl2NO5/c1-2-32-24-9-4-3-8-23(24)29-25(30)17-34-26(31)15-12-18-10-13-19(14-11-18)33-16-20-21(27)6-5-7-22(20)28/h3-15H,2,16-17H2,1H3,(H,29,30)/b15-12+. The zero-order chi connectivity index (χ0) is 24.3. The first-order chi connectivity index (χ1) is 16.5. The van der Waals surface area contributed by atoms with Gasteiger partial charge in [-0.25, -0.2) is 4.79 Å². The number of carbonyl (C=O) groups excluding carboxylic acids is 2. The van der Waals surface area contributed by atoms with Crippen LogP contribution in [0.25, 0.3) is 6.08 Å². The Kier molecular flexibility index (Phi) is 9.38. The number of rotatable bonds is 10. The minimum atomic E-state index is -0.637. The number of para-hydroxylation sites is 2. The maximum absolute atomic E-state index is 12.1. The van der Waals surface area contributed by atoms with Gasteiger partial charge in [-0.15, -0.1) is 0 Å². The number of carbonyl (C=O) groups is 2. The lowest BCUT2D eigenvalue weighted by atomic mass is 10.2. The Morgan fingerprint density at radius 2 is 1.62 bits per heavy atom. The normalized spacial score (nSPS) is 10.7. The van der Waals surface area contributed by atoms with Gasteiger partial charge in [-0.3, -0.25) is 4.79 Å². The van der Waals surface area contributed by atoms with E-state index < -0.39 is 18.5 Å². The molecule has 0 aliphatic carbocycles. The second-order valence-corrected chi connectivity index (χ2v) is 7.79. The number of hydrogen-bond donors (Lipinski definition) is 1. The lowest BCUT2D eigenvalue weighted by Crippen LogP contribution is -2.20. The van der Waals surface area contributed by atoms with Gasteiger partial charge in [-0.1, -0.05) is 53.5 Å². The van der Waals surface area contributed by atoms with E-state index in [2.05, 4.69) is 5.32 Å². The molecule has 3 rings (SSSR count). The van der Waals surface area contributed by atoms with E-state index >= 15 is 0 Å². The molecule has 0 saturated carbocycles. The predicted molar refractivity (Wildman–Crippen MR) is 133 cm³/mol. The van der Waals surface area contributed by atoms with Crippen LogP contribution in [0.4, 0.5) is 5.69 Å². The minimum absolute atomic E-state index is 0.233. The van der Waals surface area contributed by atoms with Gasteiger partial charge in [-0.05, 0) is 55.0 Å². The molecule has 8 heteroatoms. The Bertz CT molecular complexity index is 1140. The van der Waals surface area contributed by atoms with E-state index in [4.69, 9.17) is 37.4 Å². The quantitative estimate of drug-likeness (QED) is 0.266. The van der Waals surface area contributed by atoms with Gasteiger partial charge in [0.05, 0.1) is 12.3 Å². The lowest BCUT2D eigenvalue weighted by Gasteiger charge is -2.11. The summed E-state index contributed by atoms with van der Waals surface area (Å²) in [6.07, 6.45) is 2.83. The molecule has 0 spiro atoms. The number of ether oxygens (including phenoxy) is 3. The summed E-state index contributed by atoms with van der Waals surface area (Å²) in [6, 6.07) is 19.4. The van der Waals surface area contributed by atoms with Crippen LogP contribution in [0.15, 0.2) is 72.8 Å². The molecule has 0 heterocycles. The highest BCUT2D eigenvalue weighted by Crippen LogP contribution is 2.26. The van der Waals surface area contributed by atoms with Crippen LogP contribution in [0, 0.1) is 0 Å². The van der Waals surface area contributed by atoms with E-state index in [1.165, 1.54) is 6.08 Å². The molecule has 6 nitrogen and oxygen atoms in total. The highest BCUT2D eigenvalue weighted by Gasteiger charge is 2.09. The molecule has 0 atom stereocenters. The summed E-state index contributed by atoms with van der Waals surface area (Å²) in [5.41, 5.74) is 1.98. The summed E-state index contributed by atoms with van der Waals surface area (Å²) in [5, 5.41) is 3.74. The fourth-order valence-electron chi connectivity index (χ4n) is 2.89. The van der Waals surface area contributed by atoms with Crippen LogP contribution in [0.2, 0.25) is 10.0 Å². The molecule has 176 valence electrons. The molecule has 0 aliphatic heterocycles. The first kappa shape index (κ1) is 25.1. The van der Waals surface area contributed by atoms with Crippen LogP contribution in [-0.2, 0) is 20.9 Å². The van der Waals surface area contributed by atoms with Gasteiger partial charge >= 0.3 is 5.97 Å². The van der Waals surface area contributed by atoms with E-state index in [1.807, 2.05) is 6.92 Å². The largest absolute Gasteiger partial charge is 0.492 e. The third kappa shape index (κ3) is 7.54. The molecule has 1 N–H and O–H groups in total.